The largest absolute Gasteiger partial charge is 0.396 e. The summed E-state index contributed by atoms with van der Waals surface area (Å²) in [5, 5.41) is 9.32. The van der Waals surface area contributed by atoms with Crippen LogP contribution in [0.4, 0.5) is 0 Å². The first-order valence-electron chi connectivity index (χ1n) is 4.60. The number of benzene rings is 1. The van der Waals surface area contributed by atoms with E-state index in [1.807, 2.05) is 25.1 Å². The Morgan fingerprint density at radius 3 is 2.93 bits per heavy atom. The summed E-state index contributed by atoms with van der Waals surface area (Å²) >= 11 is 5.95. The molecule has 0 atom stereocenters. The Labute approximate surface area is 89.7 Å². The van der Waals surface area contributed by atoms with Crippen LogP contribution in [0.1, 0.15) is 24.0 Å². The smallest absolute Gasteiger partial charge is 0.0447 e. The minimum atomic E-state index is 0.198. The predicted octanol–water partition coefficient (Wildman–Crippen LogP) is 2.77. The highest BCUT2D eigenvalue weighted by atomic mass is 35.5. The van der Waals surface area contributed by atoms with E-state index in [9.17, 15) is 0 Å². The maximum Gasteiger partial charge on any atom is 0.0447 e. The molecule has 0 aliphatic carbocycles. The van der Waals surface area contributed by atoms with Crippen molar-refractivity contribution < 1.29 is 5.11 Å². The first kappa shape index (κ1) is 11.1. The van der Waals surface area contributed by atoms with Gasteiger partial charge in [0.05, 0.1) is 0 Å². The van der Waals surface area contributed by atoms with Crippen molar-refractivity contribution in [3.05, 3.63) is 34.3 Å². The lowest BCUT2D eigenvalue weighted by atomic mass is 10.1. The lowest BCUT2D eigenvalue weighted by Crippen LogP contribution is -1.83. The maximum atomic E-state index is 8.57. The van der Waals surface area contributed by atoms with Gasteiger partial charge in [0.15, 0.2) is 0 Å². The van der Waals surface area contributed by atoms with E-state index in [0.29, 0.717) is 0 Å². The molecule has 0 aromatic heterocycles. The van der Waals surface area contributed by atoms with Crippen LogP contribution in [-0.2, 0) is 0 Å². The first-order valence-corrected chi connectivity index (χ1v) is 4.98. The summed E-state index contributed by atoms with van der Waals surface area (Å²) in [5.74, 6) is 6.05. The Morgan fingerprint density at radius 1 is 1.43 bits per heavy atom. The standard InChI is InChI=1S/C12H13ClO/c1-10-11(6-3-2-4-9-14)7-5-8-12(10)13/h5,7-8,14H,2,4,9H2,1H3. The lowest BCUT2D eigenvalue weighted by molar-refractivity contribution is 0.290. The van der Waals surface area contributed by atoms with Crippen LogP contribution >= 0.6 is 11.6 Å². The van der Waals surface area contributed by atoms with Gasteiger partial charge in [-0.2, -0.15) is 0 Å². The molecule has 2 heteroatoms. The Bertz CT molecular complexity index is 360. The second kappa shape index (κ2) is 5.70. The van der Waals surface area contributed by atoms with E-state index >= 15 is 0 Å². The molecule has 0 saturated heterocycles. The number of aliphatic hydroxyl groups excluding tert-OH is 1. The molecule has 1 aromatic carbocycles. The van der Waals surface area contributed by atoms with Crippen molar-refractivity contribution in [2.45, 2.75) is 19.8 Å². The van der Waals surface area contributed by atoms with Crippen molar-refractivity contribution in [1.29, 1.82) is 0 Å². The summed E-state index contributed by atoms with van der Waals surface area (Å²) < 4.78 is 0. The van der Waals surface area contributed by atoms with Crippen molar-refractivity contribution in [1.82, 2.24) is 0 Å². The highest BCUT2D eigenvalue weighted by Crippen LogP contribution is 2.17. The summed E-state index contributed by atoms with van der Waals surface area (Å²) in [6, 6.07) is 5.70. The molecular weight excluding hydrogens is 196 g/mol. The Hall–Kier alpha value is -0.970. The molecule has 0 fully saturated rings. The SMILES string of the molecule is Cc1c(Cl)cccc1C#CCCCO. The lowest BCUT2D eigenvalue weighted by Gasteiger charge is -1.99. The highest BCUT2D eigenvalue weighted by molar-refractivity contribution is 6.31. The monoisotopic (exact) mass is 208 g/mol. The average Bonchev–Trinajstić information content (AvgIpc) is 2.19. The van der Waals surface area contributed by atoms with Gasteiger partial charge in [0.2, 0.25) is 0 Å². The molecule has 0 saturated carbocycles. The van der Waals surface area contributed by atoms with Gasteiger partial charge in [0, 0.05) is 23.6 Å². The second-order valence-corrected chi connectivity index (χ2v) is 3.45. The summed E-state index contributed by atoms with van der Waals surface area (Å²) in [6.45, 7) is 2.15. The fraction of sp³-hybridized carbons (Fsp3) is 0.333. The van der Waals surface area contributed by atoms with Crippen molar-refractivity contribution in [3.8, 4) is 11.8 Å². The van der Waals surface area contributed by atoms with Crippen LogP contribution in [0.5, 0.6) is 0 Å². The zero-order chi connectivity index (χ0) is 10.4. The predicted molar refractivity (Wildman–Crippen MR) is 59.4 cm³/mol. The van der Waals surface area contributed by atoms with E-state index < -0.39 is 0 Å². The normalized spacial score (nSPS) is 9.36. The van der Waals surface area contributed by atoms with Crippen LogP contribution < -0.4 is 0 Å². The van der Waals surface area contributed by atoms with Crippen molar-refractivity contribution in [2.75, 3.05) is 6.61 Å². The number of unbranched alkanes of at least 4 members (excludes halogenated alkanes) is 1. The zero-order valence-corrected chi connectivity index (χ0v) is 8.93. The van der Waals surface area contributed by atoms with Gasteiger partial charge in [-0.05, 0) is 31.0 Å². The topological polar surface area (TPSA) is 20.2 Å². The quantitative estimate of drug-likeness (QED) is 0.586. The van der Waals surface area contributed by atoms with E-state index in [2.05, 4.69) is 11.8 Å². The van der Waals surface area contributed by atoms with E-state index in [1.54, 1.807) is 0 Å². The van der Waals surface area contributed by atoms with Crippen LogP contribution in [0.15, 0.2) is 18.2 Å². The second-order valence-electron chi connectivity index (χ2n) is 3.04. The molecule has 0 spiro atoms. The molecular formula is C12H13ClO. The number of halogens is 1. The Morgan fingerprint density at radius 2 is 2.21 bits per heavy atom. The third kappa shape index (κ3) is 3.06. The Balaban J connectivity index is 2.74. The summed E-state index contributed by atoms with van der Waals surface area (Å²) in [5.41, 5.74) is 1.99. The number of hydrogen-bond donors (Lipinski definition) is 1. The molecule has 0 amide bonds. The minimum absolute atomic E-state index is 0.198. The Kier molecular flexibility index (Phi) is 4.52. The van der Waals surface area contributed by atoms with Crippen molar-refractivity contribution >= 4 is 11.6 Å². The molecule has 1 rings (SSSR count). The molecule has 0 bridgehead atoms. The number of aliphatic hydroxyl groups is 1. The zero-order valence-electron chi connectivity index (χ0n) is 8.18. The maximum absolute atomic E-state index is 8.57. The summed E-state index contributed by atoms with van der Waals surface area (Å²) in [7, 11) is 0. The van der Waals surface area contributed by atoms with Gasteiger partial charge in [0.25, 0.3) is 0 Å². The molecule has 74 valence electrons. The molecule has 0 unspecified atom stereocenters. The van der Waals surface area contributed by atoms with Gasteiger partial charge < -0.3 is 5.11 Å². The fourth-order valence-corrected chi connectivity index (χ4v) is 1.24. The minimum Gasteiger partial charge on any atom is -0.396 e. The van der Waals surface area contributed by atoms with E-state index in [0.717, 1.165) is 29.0 Å². The molecule has 0 heterocycles. The third-order valence-electron chi connectivity index (χ3n) is 1.95. The molecule has 14 heavy (non-hydrogen) atoms. The van der Waals surface area contributed by atoms with E-state index in [1.165, 1.54) is 0 Å². The highest BCUT2D eigenvalue weighted by Gasteiger charge is 1.97. The van der Waals surface area contributed by atoms with Crippen LogP contribution in [0, 0.1) is 18.8 Å². The van der Waals surface area contributed by atoms with Gasteiger partial charge >= 0.3 is 0 Å². The summed E-state index contributed by atoms with van der Waals surface area (Å²) in [6.07, 6.45) is 1.45. The summed E-state index contributed by atoms with van der Waals surface area (Å²) in [4.78, 5) is 0. The van der Waals surface area contributed by atoms with Crippen molar-refractivity contribution in [2.24, 2.45) is 0 Å². The molecule has 1 aromatic rings. The van der Waals surface area contributed by atoms with E-state index in [-0.39, 0.29) is 6.61 Å². The van der Waals surface area contributed by atoms with Gasteiger partial charge in [-0.3, -0.25) is 0 Å². The molecule has 1 N–H and O–H groups in total. The van der Waals surface area contributed by atoms with Gasteiger partial charge in [-0.1, -0.05) is 29.5 Å². The van der Waals surface area contributed by atoms with E-state index in [4.69, 9.17) is 16.7 Å². The molecule has 0 aliphatic heterocycles. The van der Waals surface area contributed by atoms with Crippen LogP contribution in [-0.4, -0.2) is 11.7 Å². The number of rotatable bonds is 2. The average molecular weight is 209 g/mol. The molecule has 1 nitrogen and oxygen atoms in total. The third-order valence-corrected chi connectivity index (χ3v) is 2.36. The van der Waals surface area contributed by atoms with Crippen molar-refractivity contribution in [3.63, 3.8) is 0 Å². The van der Waals surface area contributed by atoms with Gasteiger partial charge in [0.1, 0.15) is 0 Å². The van der Waals surface area contributed by atoms with Crippen LogP contribution in [0.2, 0.25) is 5.02 Å². The number of hydrogen-bond acceptors (Lipinski definition) is 1. The van der Waals surface area contributed by atoms with Crippen LogP contribution in [0.25, 0.3) is 0 Å². The first-order chi connectivity index (χ1) is 6.75. The fourth-order valence-electron chi connectivity index (χ4n) is 1.07. The molecule has 0 aliphatic rings. The van der Waals surface area contributed by atoms with Crippen LogP contribution in [0.3, 0.4) is 0 Å². The van der Waals surface area contributed by atoms with Gasteiger partial charge in [-0.15, -0.1) is 0 Å². The molecule has 0 radical (unpaired) electrons. The van der Waals surface area contributed by atoms with Gasteiger partial charge in [-0.25, -0.2) is 0 Å².